The lowest BCUT2D eigenvalue weighted by molar-refractivity contribution is -0.133. The van der Waals surface area contributed by atoms with Gasteiger partial charge in [0, 0.05) is 19.1 Å². The zero-order valence-electron chi connectivity index (χ0n) is 16.5. The number of hydrogen-bond donors (Lipinski definition) is 0. The van der Waals surface area contributed by atoms with Crippen LogP contribution in [-0.2, 0) is 11.3 Å². The van der Waals surface area contributed by atoms with E-state index in [0.717, 1.165) is 19.4 Å². The minimum atomic E-state index is -0.266. The molecule has 0 radical (unpaired) electrons. The molecule has 1 aromatic heterocycles. The summed E-state index contributed by atoms with van der Waals surface area (Å²) in [6.07, 6.45) is 5.89. The predicted octanol–water partition coefficient (Wildman–Crippen LogP) is 4.08. The fourth-order valence-electron chi connectivity index (χ4n) is 3.95. The highest BCUT2D eigenvalue weighted by Gasteiger charge is 2.28. The van der Waals surface area contributed by atoms with Gasteiger partial charge in [-0.05, 0) is 45.7 Å². The van der Waals surface area contributed by atoms with Crippen molar-refractivity contribution in [3.63, 3.8) is 0 Å². The van der Waals surface area contributed by atoms with E-state index >= 15 is 0 Å². The number of benzene rings is 1. The molecule has 5 nitrogen and oxygen atoms in total. The molecule has 0 bridgehead atoms. The Morgan fingerprint density at radius 1 is 1.26 bits per heavy atom. The summed E-state index contributed by atoms with van der Waals surface area (Å²) in [4.78, 5) is 32.6. The molecule has 1 amide bonds. The van der Waals surface area contributed by atoms with Gasteiger partial charge in [-0.3, -0.25) is 14.2 Å². The number of para-hydroxylation sites is 1. The van der Waals surface area contributed by atoms with Crippen LogP contribution in [0.15, 0.2) is 34.2 Å². The van der Waals surface area contributed by atoms with Crippen LogP contribution in [0.25, 0.3) is 10.9 Å². The third-order valence-electron chi connectivity index (χ3n) is 5.41. The molecule has 2 aromatic rings. The first kappa shape index (κ1) is 19.9. The largest absolute Gasteiger partial charge is 0.339 e. The summed E-state index contributed by atoms with van der Waals surface area (Å²) in [5.41, 5.74) is 0.652. The minimum Gasteiger partial charge on any atom is -0.339 e. The standard InChI is InChI=1S/C21H29N3O2S/c1-4-23(16-11-7-6-8-12-16)19(25)15(3)27-21-22-18-14-10-9-13-17(18)20(26)24(21)5-2/h9-10,13-16H,4-8,11-12H2,1-3H3/t15-/m0/s1. The van der Waals surface area contributed by atoms with Crippen LogP contribution in [0.5, 0.6) is 0 Å². The van der Waals surface area contributed by atoms with Gasteiger partial charge in [-0.15, -0.1) is 0 Å². The fourth-order valence-corrected chi connectivity index (χ4v) is 4.99. The SMILES string of the molecule is CCN(C(=O)[C@H](C)Sc1nc2ccccc2c(=O)n1CC)C1CCCCC1. The van der Waals surface area contributed by atoms with Gasteiger partial charge in [0.05, 0.1) is 16.2 Å². The Morgan fingerprint density at radius 2 is 1.96 bits per heavy atom. The van der Waals surface area contributed by atoms with Crippen LogP contribution >= 0.6 is 11.8 Å². The highest BCUT2D eigenvalue weighted by atomic mass is 32.2. The van der Waals surface area contributed by atoms with Gasteiger partial charge < -0.3 is 4.90 Å². The molecule has 146 valence electrons. The first-order valence-electron chi connectivity index (χ1n) is 10.0. The van der Waals surface area contributed by atoms with Crippen molar-refractivity contribution in [1.82, 2.24) is 14.5 Å². The lowest BCUT2D eigenvalue weighted by atomic mass is 9.94. The Hall–Kier alpha value is -1.82. The molecule has 1 aliphatic rings. The molecule has 0 N–H and O–H groups in total. The van der Waals surface area contributed by atoms with Gasteiger partial charge >= 0.3 is 0 Å². The number of nitrogens with zero attached hydrogens (tertiary/aromatic N) is 3. The summed E-state index contributed by atoms with van der Waals surface area (Å²) in [5.74, 6) is 0.152. The molecule has 6 heteroatoms. The van der Waals surface area contributed by atoms with Crippen molar-refractivity contribution >= 4 is 28.6 Å². The van der Waals surface area contributed by atoms with Crippen molar-refractivity contribution in [3.05, 3.63) is 34.6 Å². The molecule has 1 heterocycles. The van der Waals surface area contributed by atoms with Crippen LogP contribution in [0.4, 0.5) is 0 Å². The monoisotopic (exact) mass is 387 g/mol. The molecule has 0 aliphatic heterocycles. The third kappa shape index (κ3) is 4.21. The molecule has 1 saturated carbocycles. The Balaban J connectivity index is 1.85. The molecule has 1 aromatic carbocycles. The van der Waals surface area contributed by atoms with Crippen LogP contribution < -0.4 is 5.56 Å². The van der Waals surface area contributed by atoms with Crippen LogP contribution in [0.3, 0.4) is 0 Å². The molecule has 27 heavy (non-hydrogen) atoms. The fraction of sp³-hybridized carbons (Fsp3) is 0.571. The zero-order chi connectivity index (χ0) is 19.4. The topological polar surface area (TPSA) is 55.2 Å². The van der Waals surface area contributed by atoms with Crippen molar-refractivity contribution in [2.45, 2.75) is 75.9 Å². The second-order valence-corrected chi connectivity index (χ2v) is 8.45. The van der Waals surface area contributed by atoms with Gasteiger partial charge in [0.25, 0.3) is 5.56 Å². The number of carbonyl (C=O) groups is 1. The molecular formula is C21H29N3O2S. The van der Waals surface area contributed by atoms with Crippen molar-refractivity contribution in [2.24, 2.45) is 0 Å². The van der Waals surface area contributed by atoms with E-state index in [-0.39, 0.29) is 16.7 Å². The quantitative estimate of drug-likeness (QED) is 0.554. The molecular weight excluding hydrogens is 358 g/mol. The Bertz CT molecular complexity index is 858. The maximum Gasteiger partial charge on any atom is 0.262 e. The second kappa shape index (κ2) is 8.91. The van der Waals surface area contributed by atoms with Crippen LogP contribution in [0.2, 0.25) is 0 Å². The molecule has 0 unspecified atom stereocenters. The first-order valence-corrected chi connectivity index (χ1v) is 10.9. The molecule has 0 saturated heterocycles. The van der Waals surface area contributed by atoms with E-state index in [1.165, 1.54) is 31.0 Å². The van der Waals surface area contributed by atoms with Gasteiger partial charge in [-0.1, -0.05) is 43.2 Å². The molecule has 1 atom stereocenters. The number of aromatic nitrogens is 2. The summed E-state index contributed by atoms with van der Waals surface area (Å²) in [6, 6.07) is 7.76. The number of hydrogen-bond acceptors (Lipinski definition) is 4. The normalized spacial score (nSPS) is 16.4. The number of fused-ring (bicyclic) bond motifs is 1. The summed E-state index contributed by atoms with van der Waals surface area (Å²) >= 11 is 1.40. The van der Waals surface area contributed by atoms with Crippen molar-refractivity contribution in [3.8, 4) is 0 Å². The third-order valence-corrected chi connectivity index (χ3v) is 6.49. The van der Waals surface area contributed by atoms with E-state index in [9.17, 15) is 9.59 Å². The lowest BCUT2D eigenvalue weighted by Crippen LogP contribution is -2.44. The van der Waals surface area contributed by atoms with Crippen LogP contribution in [0.1, 0.15) is 52.9 Å². The Morgan fingerprint density at radius 3 is 2.63 bits per heavy atom. The molecule has 1 fully saturated rings. The van der Waals surface area contributed by atoms with Crippen molar-refractivity contribution < 1.29 is 4.79 Å². The van der Waals surface area contributed by atoms with Gasteiger partial charge in [0.1, 0.15) is 0 Å². The summed E-state index contributed by atoms with van der Waals surface area (Å²) in [7, 11) is 0. The van der Waals surface area contributed by atoms with E-state index in [2.05, 4.69) is 11.9 Å². The number of amides is 1. The van der Waals surface area contributed by atoms with E-state index in [1.807, 2.05) is 43.0 Å². The Labute approximate surface area is 165 Å². The van der Waals surface area contributed by atoms with E-state index in [1.54, 1.807) is 4.57 Å². The molecule has 1 aliphatic carbocycles. The number of rotatable bonds is 6. The van der Waals surface area contributed by atoms with E-state index in [0.29, 0.717) is 28.6 Å². The maximum atomic E-state index is 13.1. The average molecular weight is 388 g/mol. The average Bonchev–Trinajstić information content (AvgIpc) is 2.69. The van der Waals surface area contributed by atoms with Gasteiger partial charge in [0.15, 0.2) is 5.16 Å². The first-order chi connectivity index (χ1) is 13.1. The zero-order valence-corrected chi connectivity index (χ0v) is 17.3. The second-order valence-electron chi connectivity index (χ2n) is 7.14. The van der Waals surface area contributed by atoms with Crippen LogP contribution in [0, 0.1) is 0 Å². The lowest BCUT2D eigenvalue weighted by Gasteiger charge is -2.35. The predicted molar refractivity (Wildman–Crippen MR) is 111 cm³/mol. The number of carbonyl (C=O) groups excluding carboxylic acids is 1. The highest BCUT2D eigenvalue weighted by Crippen LogP contribution is 2.27. The summed E-state index contributed by atoms with van der Waals surface area (Å²) in [5, 5.41) is 0.986. The maximum absolute atomic E-state index is 13.1. The van der Waals surface area contributed by atoms with Gasteiger partial charge in [-0.2, -0.15) is 0 Å². The molecule has 3 rings (SSSR count). The van der Waals surface area contributed by atoms with Crippen molar-refractivity contribution in [2.75, 3.05) is 6.54 Å². The number of thioether (sulfide) groups is 1. The smallest absolute Gasteiger partial charge is 0.262 e. The van der Waals surface area contributed by atoms with E-state index < -0.39 is 0 Å². The highest BCUT2D eigenvalue weighted by molar-refractivity contribution is 8.00. The van der Waals surface area contributed by atoms with Gasteiger partial charge in [-0.25, -0.2) is 4.98 Å². The van der Waals surface area contributed by atoms with E-state index in [4.69, 9.17) is 0 Å². The van der Waals surface area contributed by atoms with Crippen molar-refractivity contribution in [1.29, 1.82) is 0 Å². The van der Waals surface area contributed by atoms with Gasteiger partial charge in [0.2, 0.25) is 5.91 Å². The summed E-state index contributed by atoms with van der Waals surface area (Å²) < 4.78 is 1.67. The van der Waals surface area contributed by atoms with Crippen LogP contribution in [-0.4, -0.2) is 38.2 Å². The minimum absolute atomic E-state index is 0.0372. The summed E-state index contributed by atoms with van der Waals surface area (Å²) in [6.45, 7) is 7.20. The Kier molecular flexibility index (Phi) is 6.58. The molecule has 0 spiro atoms.